The van der Waals surface area contributed by atoms with Gasteiger partial charge in [0.2, 0.25) is 0 Å². The van der Waals surface area contributed by atoms with Crippen molar-refractivity contribution in [3.05, 3.63) is 52.7 Å². The normalized spacial score (nSPS) is 15.7. The topological polar surface area (TPSA) is 45.9 Å². The number of hydrogen-bond donors (Lipinski definition) is 0. The Labute approximate surface area is 140 Å². The minimum Gasteiger partial charge on any atom is -0.468 e. The van der Waals surface area contributed by atoms with Crippen molar-refractivity contribution < 1.29 is 13.9 Å². The minimum absolute atomic E-state index is 0.0838. The second-order valence-electron chi connectivity index (χ2n) is 5.52. The molecular formula is C17H19ClN2O3. The average Bonchev–Trinajstić information content (AvgIpc) is 3.06. The van der Waals surface area contributed by atoms with Gasteiger partial charge in [0.05, 0.1) is 7.11 Å². The zero-order valence-electron chi connectivity index (χ0n) is 13.0. The van der Waals surface area contributed by atoms with Crippen LogP contribution in [0.15, 0.2) is 40.8 Å². The second-order valence-corrected chi connectivity index (χ2v) is 5.95. The van der Waals surface area contributed by atoms with Gasteiger partial charge < -0.3 is 14.1 Å². The fourth-order valence-electron chi connectivity index (χ4n) is 2.66. The lowest BCUT2D eigenvalue weighted by atomic mass is 10.2. The van der Waals surface area contributed by atoms with E-state index in [1.165, 1.54) is 12.7 Å². The number of furan rings is 1. The van der Waals surface area contributed by atoms with Crippen molar-refractivity contribution in [3.8, 4) is 5.95 Å². The molecule has 1 aromatic heterocycles. The standard InChI is InChI=1S/C17H19ClN2O3/c1-22-16-7-6-15(23-16)17(21)20-10-8-19(9-11-20)12-13-2-4-14(18)5-3-13/h2-7H,8-12H2,1H3. The predicted molar refractivity (Wildman–Crippen MR) is 87.9 cm³/mol. The Balaban J connectivity index is 1.53. The van der Waals surface area contributed by atoms with Crippen molar-refractivity contribution in [3.63, 3.8) is 0 Å². The maximum Gasteiger partial charge on any atom is 0.289 e. The Morgan fingerprint density at radius 3 is 2.43 bits per heavy atom. The molecule has 0 unspecified atom stereocenters. The van der Waals surface area contributed by atoms with Crippen LogP contribution in [0.3, 0.4) is 0 Å². The summed E-state index contributed by atoms with van der Waals surface area (Å²) in [4.78, 5) is 16.5. The second kappa shape index (κ2) is 7.06. The third-order valence-corrected chi connectivity index (χ3v) is 4.22. The van der Waals surface area contributed by atoms with E-state index in [1.807, 2.05) is 29.2 Å². The molecule has 0 atom stereocenters. The number of hydrogen-bond acceptors (Lipinski definition) is 4. The number of rotatable bonds is 4. The fourth-order valence-corrected chi connectivity index (χ4v) is 2.78. The van der Waals surface area contributed by atoms with E-state index < -0.39 is 0 Å². The van der Waals surface area contributed by atoms with Crippen LogP contribution in [0.4, 0.5) is 0 Å². The summed E-state index contributed by atoms with van der Waals surface area (Å²) in [5.41, 5.74) is 1.23. The zero-order valence-corrected chi connectivity index (χ0v) is 13.8. The number of methoxy groups -OCH3 is 1. The molecule has 3 rings (SSSR count). The van der Waals surface area contributed by atoms with E-state index in [-0.39, 0.29) is 5.91 Å². The highest BCUT2D eigenvalue weighted by Gasteiger charge is 2.24. The summed E-state index contributed by atoms with van der Waals surface area (Å²) >= 11 is 5.90. The molecule has 122 valence electrons. The Morgan fingerprint density at radius 1 is 1.13 bits per heavy atom. The molecule has 0 aliphatic carbocycles. The highest BCUT2D eigenvalue weighted by Crippen LogP contribution is 2.18. The lowest BCUT2D eigenvalue weighted by Gasteiger charge is -2.34. The van der Waals surface area contributed by atoms with Gasteiger partial charge in [0.25, 0.3) is 11.9 Å². The molecule has 1 aliphatic rings. The van der Waals surface area contributed by atoms with Crippen molar-refractivity contribution in [2.45, 2.75) is 6.54 Å². The molecule has 1 aromatic carbocycles. The molecule has 1 amide bonds. The van der Waals surface area contributed by atoms with Crippen molar-refractivity contribution in [1.29, 1.82) is 0 Å². The molecule has 6 heteroatoms. The number of carbonyl (C=O) groups excluding carboxylic acids is 1. The smallest absolute Gasteiger partial charge is 0.289 e. The maximum absolute atomic E-state index is 12.4. The van der Waals surface area contributed by atoms with Crippen molar-refractivity contribution in [1.82, 2.24) is 9.80 Å². The van der Waals surface area contributed by atoms with Gasteiger partial charge in [0, 0.05) is 43.8 Å². The van der Waals surface area contributed by atoms with Gasteiger partial charge in [-0.1, -0.05) is 23.7 Å². The molecule has 0 saturated carbocycles. The van der Waals surface area contributed by atoms with Crippen LogP contribution in [0.5, 0.6) is 5.95 Å². The molecule has 2 aromatic rings. The Morgan fingerprint density at radius 2 is 1.83 bits per heavy atom. The molecule has 0 bridgehead atoms. The van der Waals surface area contributed by atoms with E-state index >= 15 is 0 Å². The van der Waals surface area contributed by atoms with Crippen molar-refractivity contribution in [2.75, 3.05) is 33.3 Å². The molecule has 23 heavy (non-hydrogen) atoms. The van der Waals surface area contributed by atoms with E-state index in [9.17, 15) is 4.79 Å². The van der Waals surface area contributed by atoms with E-state index in [1.54, 1.807) is 12.1 Å². The summed E-state index contributed by atoms with van der Waals surface area (Å²) in [5.74, 6) is 0.599. The van der Waals surface area contributed by atoms with Crippen LogP contribution in [0.2, 0.25) is 5.02 Å². The first-order valence-electron chi connectivity index (χ1n) is 7.55. The number of carbonyl (C=O) groups is 1. The van der Waals surface area contributed by atoms with Crippen LogP contribution < -0.4 is 4.74 Å². The molecule has 5 nitrogen and oxygen atoms in total. The maximum atomic E-state index is 12.4. The third kappa shape index (κ3) is 3.86. The van der Waals surface area contributed by atoms with Gasteiger partial charge in [-0.3, -0.25) is 9.69 Å². The first-order chi connectivity index (χ1) is 11.2. The molecule has 0 spiro atoms. The summed E-state index contributed by atoms with van der Waals surface area (Å²) in [5, 5.41) is 0.748. The third-order valence-electron chi connectivity index (χ3n) is 3.97. The summed E-state index contributed by atoms with van der Waals surface area (Å²) in [6.45, 7) is 3.93. The van der Waals surface area contributed by atoms with Crippen LogP contribution >= 0.6 is 11.6 Å². The summed E-state index contributed by atoms with van der Waals surface area (Å²) in [7, 11) is 1.52. The lowest BCUT2D eigenvalue weighted by molar-refractivity contribution is 0.0592. The Kier molecular flexibility index (Phi) is 4.88. The summed E-state index contributed by atoms with van der Waals surface area (Å²) < 4.78 is 10.3. The van der Waals surface area contributed by atoms with E-state index in [2.05, 4.69) is 4.90 Å². The van der Waals surface area contributed by atoms with E-state index in [4.69, 9.17) is 20.8 Å². The first-order valence-corrected chi connectivity index (χ1v) is 7.93. The van der Waals surface area contributed by atoms with Crippen LogP contribution in [0, 0.1) is 0 Å². The van der Waals surface area contributed by atoms with Gasteiger partial charge in [-0.2, -0.15) is 0 Å². The van der Waals surface area contributed by atoms with Crippen LogP contribution in [-0.4, -0.2) is 49.0 Å². The fraction of sp³-hybridized carbons (Fsp3) is 0.353. The van der Waals surface area contributed by atoms with E-state index in [0.717, 1.165) is 24.7 Å². The molecule has 0 radical (unpaired) electrons. The number of nitrogens with zero attached hydrogens (tertiary/aromatic N) is 2. The molecule has 1 aliphatic heterocycles. The predicted octanol–water partition coefficient (Wildman–Crippen LogP) is 2.90. The number of ether oxygens (including phenoxy) is 1. The molecule has 0 N–H and O–H groups in total. The molecule has 1 saturated heterocycles. The number of amides is 1. The lowest BCUT2D eigenvalue weighted by Crippen LogP contribution is -2.48. The molecule has 2 heterocycles. The summed E-state index contributed by atoms with van der Waals surface area (Å²) in [6, 6.07) is 11.2. The quantitative estimate of drug-likeness (QED) is 0.862. The first kappa shape index (κ1) is 15.9. The zero-order chi connectivity index (χ0) is 16.2. The highest BCUT2D eigenvalue weighted by molar-refractivity contribution is 6.30. The van der Waals surface area contributed by atoms with Crippen molar-refractivity contribution in [2.24, 2.45) is 0 Å². The van der Waals surface area contributed by atoms with Gasteiger partial charge in [0.15, 0.2) is 5.76 Å². The van der Waals surface area contributed by atoms with Crippen molar-refractivity contribution >= 4 is 17.5 Å². The number of halogens is 1. The van der Waals surface area contributed by atoms with Crippen LogP contribution in [0.25, 0.3) is 0 Å². The number of piperazine rings is 1. The Bertz CT molecular complexity index is 661. The minimum atomic E-state index is -0.0838. The van der Waals surface area contributed by atoms with Crippen LogP contribution in [0.1, 0.15) is 16.1 Å². The largest absolute Gasteiger partial charge is 0.468 e. The van der Waals surface area contributed by atoms with E-state index in [0.29, 0.717) is 24.8 Å². The van der Waals surface area contributed by atoms with Crippen LogP contribution in [-0.2, 0) is 6.54 Å². The Hall–Kier alpha value is -1.98. The van der Waals surface area contributed by atoms with Gasteiger partial charge in [-0.05, 0) is 23.8 Å². The monoisotopic (exact) mass is 334 g/mol. The van der Waals surface area contributed by atoms with Gasteiger partial charge >= 0.3 is 0 Å². The van der Waals surface area contributed by atoms with Gasteiger partial charge in [-0.25, -0.2) is 0 Å². The number of benzene rings is 1. The van der Waals surface area contributed by atoms with Gasteiger partial charge in [-0.15, -0.1) is 0 Å². The molecular weight excluding hydrogens is 316 g/mol. The average molecular weight is 335 g/mol. The molecule has 1 fully saturated rings. The summed E-state index contributed by atoms with van der Waals surface area (Å²) in [6.07, 6.45) is 0. The highest BCUT2D eigenvalue weighted by atomic mass is 35.5. The SMILES string of the molecule is COc1ccc(C(=O)N2CCN(Cc3ccc(Cl)cc3)CC2)o1. The van der Waals surface area contributed by atoms with Gasteiger partial charge in [0.1, 0.15) is 0 Å².